The number of amides is 2. The van der Waals surface area contributed by atoms with Crippen LogP contribution < -0.4 is 11.1 Å². The Morgan fingerprint density at radius 3 is 2.86 bits per heavy atom. The van der Waals surface area contributed by atoms with E-state index in [1.165, 1.54) is 23.1 Å². The van der Waals surface area contributed by atoms with Gasteiger partial charge in [-0.1, -0.05) is 11.8 Å². The summed E-state index contributed by atoms with van der Waals surface area (Å²) in [5.41, 5.74) is 6.55. The number of carbonyl (C=O) groups is 2. The number of primary amides is 1. The zero-order valence-corrected chi connectivity index (χ0v) is 16.7. The number of aromatic nitrogens is 4. The number of anilines is 1. The van der Waals surface area contributed by atoms with Crippen LogP contribution in [0.5, 0.6) is 0 Å². The van der Waals surface area contributed by atoms with E-state index in [1.807, 2.05) is 12.1 Å². The normalized spacial score (nSPS) is 14.6. The van der Waals surface area contributed by atoms with E-state index in [0.717, 1.165) is 24.2 Å². The van der Waals surface area contributed by atoms with Crippen molar-refractivity contribution in [1.82, 2.24) is 19.7 Å². The monoisotopic (exact) mass is 414 g/mol. The van der Waals surface area contributed by atoms with Crippen LogP contribution in [0.1, 0.15) is 36.2 Å². The molecule has 0 unspecified atom stereocenters. The molecule has 28 heavy (non-hydrogen) atoms. The molecule has 3 N–H and O–H groups in total. The van der Waals surface area contributed by atoms with Gasteiger partial charge in [-0.2, -0.15) is 0 Å². The van der Waals surface area contributed by atoms with Gasteiger partial charge in [0.1, 0.15) is 5.00 Å². The lowest BCUT2D eigenvalue weighted by Gasteiger charge is -2.13. The van der Waals surface area contributed by atoms with Crippen LogP contribution in [0, 0.1) is 0 Å². The van der Waals surface area contributed by atoms with Crippen LogP contribution in [0.25, 0.3) is 11.4 Å². The van der Waals surface area contributed by atoms with Crippen LogP contribution in [0.15, 0.2) is 41.1 Å². The van der Waals surface area contributed by atoms with Crippen molar-refractivity contribution >= 4 is 39.9 Å². The van der Waals surface area contributed by atoms with E-state index in [4.69, 9.17) is 5.73 Å². The summed E-state index contributed by atoms with van der Waals surface area (Å²) in [6.45, 7) is 1.80. The summed E-state index contributed by atoms with van der Waals surface area (Å²) >= 11 is 2.61. The standard InChI is InChI=1S/C18H18N6O2S2/c1-10(16(26)21-17-13(14(19)25)6-8-27-17)28-18-23-22-15(24(18)12-4-5-12)11-3-2-7-20-9-11/h2-3,6-10,12H,4-5H2,1H3,(H2,19,25)(H,21,26)/t10-/m0/s1. The molecule has 3 aromatic rings. The van der Waals surface area contributed by atoms with E-state index < -0.39 is 11.2 Å². The first-order chi connectivity index (χ1) is 13.5. The lowest BCUT2D eigenvalue weighted by atomic mass is 10.3. The number of hydrogen-bond donors (Lipinski definition) is 2. The minimum Gasteiger partial charge on any atom is -0.366 e. The number of nitrogens with two attached hydrogens (primary N) is 1. The topological polar surface area (TPSA) is 116 Å². The van der Waals surface area contributed by atoms with Crippen molar-refractivity contribution in [3.63, 3.8) is 0 Å². The van der Waals surface area contributed by atoms with Gasteiger partial charge >= 0.3 is 0 Å². The Morgan fingerprint density at radius 1 is 1.36 bits per heavy atom. The predicted molar refractivity (Wildman–Crippen MR) is 108 cm³/mol. The maximum Gasteiger partial charge on any atom is 0.251 e. The lowest BCUT2D eigenvalue weighted by Crippen LogP contribution is -2.24. The minimum absolute atomic E-state index is 0.219. The molecule has 4 rings (SSSR count). The molecular formula is C18H18N6O2S2. The molecule has 0 aromatic carbocycles. The summed E-state index contributed by atoms with van der Waals surface area (Å²) in [4.78, 5) is 28.2. The highest BCUT2D eigenvalue weighted by Crippen LogP contribution is 2.41. The Bertz CT molecular complexity index is 1010. The lowest BCUT2D eigenvalue weighted by molar-refractivity contribution is -0.115. The molecule has 144 valence electrons. The van der Waals surface area contributed by atoms with Gasteiger partial charge < -0.3 is 11.1 Å². The second kappa shape index (κ2) is 7.72. The van der Waals surface area contributed by atoms with Gasteiger partial charge in [-0.15, -0.1) is 21.5 Å². The Morgan fingerprint density at radius 2 is 2.18 bits per heavy atom. The molecule has 0 saturated heterocycles. The molecule has 1 aliphatic rings. The average molecular weight is 415 g/mol. The van der Waals surface area contributed by atoms with E-state index in [9.17, 15) is 9.59 Å². The van der Waals surface area contributed by atoms with Gasteiger partial charge in [0.05, 0.1) is 10.8 Å². The van der Waals surface area contributed by atoms with E-state index in [-0.39, 0.29) is 5.91 Å². The van der Waals surface area contributed by atoms with Gasteiger partial charge in [0.15, 0.2) is 11.0 Å². The average Bonchev–Trinajstić information content (AvgIpc) is 3.27. The Kier molecular flexibility index (Phi) is 5.14. The third-order valence-electron chi connectivity index (χ3n) is 4.32. The first kappa shape index (κ1) is 18.6. The number of pyridine rings is 1. The van der Waals surface area contributed by atoms with Crippen molar-refractivity contribution in [1.29, 1.82) is 0 Å². The van der Waals surface area contributed by atoms with Crippen molar-refractivity contribution in [3.05, 3.63) is 41.5 Å². The second-order valence-electron chi connectivity index (χ2n) is 6.43. The summed E-state index contributed by atoms with van der Waals surface area (Å²) in [6, 6.07) is 5.76. The first-order valence-corrected chi connectivity index (χ1v) is 10.5. The van der Waals surface area contributed by atoms with Crippen LogP contribution >= 0.6 is 23.1 Å². The fourth-order valence-corrected chi connectivity index (χ4v) is 4.45. The van der Waals surface area contributed by atoms with Gasteiger partial charge in [0, 0.05) is 24.0 Å². The van der Waals surface area contributed by atoms with Gasteiger partial charge in [0.2, 0.25) is 5.91 Å². The molecule has 0 spiro atoms. The summed E-state index contributed by atoms with van der Waals surface area (Å²) in [5.74, 6) is -0.0188. The van der Waals surface area contributed by atoms with Gasteiger partial charge in [-0.3, -0.25) is 19.1 Å². The highest BCUT2D eigenvalue weighted by atomic mass is 32.2. The maximum absolute atomic E-state index is 12.6. The van der Waals surface area contributed by atoms with E-state index >= 15 is 0 Å². The van der Waals surface area contributed by atoms with Crippen LogP contribution in [0.3, 0.4) is 0 Å². The number of carbonyl (C=O) groups excluding carboxylic acids is 2. The summed E-state index contributed by atoms with van der Waals surface area (Å²) in [5, 5.41) is 13.9. The van der Waals surface area contributed by atoms with Crippen LogP contribution in [0.4, 0.5) is 5.00 Å². The number of rotatable bonds is 7. The number of nitrogens with zero attached hydrogens (tertiary/aromatic N) is 4. The molecule has 1 fully saturated rings. The number of nitrogens with one attached hydrogen (secondary N) is 1. The smallest absolute Gasteiger partial charge is 0.251 e. The largest absolute Gasteiger partial charge is 0.366 e. The fraction of sp³-hybridized carbons (Fsp3) is 0.278. The number of hydrogen-bond acceptors (Lipinski definition) is 7. The first-order valence-electron chi connectivity index (χ1n) is 8.74. The number of thioether (sulfide) groups is 1. The van der Waals surface area contributed by atoms with Crippen molar-refractivity contribution < 1.29 is 9.59 Å². The Balaban J connectivity index is 1.52. The molecule has 2 amide bonds. The van der Waals surface area contributed by atoms with Crippen LogP contribution in [-0.4, -0.2) is 36.8 Å². The summed E-state index contributed by atoms with van der Waals surface area (Å²) < 4.78 is 2.09. The van der Waals surface area contributed by atoms with Crippen molar-refractivity contribution in [2.75, 3.05) is 5.32 Å². The highest BCUT2D eigenvalue weighted by molar-refractivity contribution is 8.00. The van der Waals surface area contributed by atoms with E-state index in [0.29, 0.717) is 21.8 Å². The molecule has 3 heterocycles. The molecule has 0 radical (unpaired) electrons. The van der Waals surface area contributed by atoms with Crippen molar-refractivity contribution in [2.45, 2.75) is 36.2 Å². The van der Waals surface area contributed by atoms with Gasteiger partial charge in [0.25, 0.3) is 5.91 Å². The van der Waals surface area contributed by atoms with Gasteiger partial charge in [-0.05, 0) is 43.3 Å². The van der Waals surface area contributed by atoms with Crippen LogP contribution in [0.2, 0.25) is 0 Å². The van der Waals surface area contributed by atoms with Crippen molar-refractivity contribution in [3.8, 4) is 11.4 Å². The van der Waals surface area contributed by atoms with Crippen LogP contribution in [-0.2, 0) is 4.79 Å². The number of thiophene rings is 1. The molecular weight excluding hydrogens is 396 g/mol. The fourth-order valence-electron chi connectivity index (χ4n) is 2.74. The molecule has 3 aromatic heterocycles. The summed E-state index contributed by atoms with van der Waals surface area (Å²) in [6.07, 6.45) is 5.61. The molecule has 1 aliphatic carbocycles. The SMILES string of the molecule is C[C@H](Sc1nnc(-c2cccnc2)n1C1CC1)C(=O)Nc1sccc1C(N)=O. The summed E-state index contributed by atoms with van der Waals surface area (Å²) in [7, 11) is 0. The molecule has 1 atom stereocenters. The third kappa shape index (κ3) is 3.78. The minimum atomic E-state index is -0.563. The van der Waals surface area contributed by atoms with E-state index in [2.05, 4.69) is 25.1 Å². The second-order valence-corrected chi connectivity index (χ2v) is 8.65. The third-order valence-corrected chi connectivity index (χ3v) is 6.20. The zero-order valence-electron chi connectivity index (χ0n) is 15.0. The molecule has 0 bridgehead atoms. The maximum atomic E-state index is 12.6. The molecule has 0 aliphatic heterocycles. The van der Waals surface area contributed by atoms with Gasteiger partial charge in [-0.25, -0.2) is 0 Å². The predicted octanol–water partition coefficient (Wildman–Crippen LogP) is 2.95. The molecule has 10 heteroatoms. The Hall–Kier alpha value is -2.72. The Labute approximate surface area is 169 Å². The molecule has 8 nitrogen and oxygen atoms in total. The van der Waals surface area contributed by atoms with Crippen molar-refractivity contribution in [2.24, 2.45) is 5.73 Å². The zero-order chi connectivity index (χ0) is 19.7. The van der Waals surface area contributed by atoms with E-state index in [1.54, 1.807) is 30.8 Å². The molecule has 1 saturated carbocycles. The highest BCUT2D eigenvalue weighted by Gasteiger charge is 2.31. The quantitative estimate of drug-likeness (QED) is 0.574.